The van der Waals surface area contributed by atoms with Crippen LogP contribution in [0.15, 0.2) is 47.4 Å². The molecule has 30 heavy (non-hydrogen) atoms. The third-order valence-electron chi connectivity index (χ3n) is 5.11. The topological polar surface area (TPSA) is 52.6 Å². The van der Waals surface area contributed by atoms with Crippen LogP contribution in [0.2, 0.25) is 0 Å². The Labute approximate surface area is 176 Å². The van der Waals surface area contributed by atoms with Gasteiger partial charge in [0.2, 0.25) is 14.6 Å². The number of alkyl halides is 3. The van der Waals surface area contributed by atoms with Crippen molar-refractivity contribution in [3.05, 3.63) is 42.5 Å². The fourth-order valence-electron chi connectivity index (χ4n) is 3.58. The molecule has 2 atom stereocenters. The Kier molecular flexibility index (Phi) is 6.82. The fourth-order valence-corrected chi connectivity index (χ4v) is 5.80. The zero-order valence-electron chi connectivity index (χ0n) is 17.6. The molecule has 166 valence electrons. The van der Waals surface area contributed by atoms with Crippen molar-refractivity contribution in [1.29, 1.82) is 0 Å². The van der Waals surface area contributed by atoms with Crippen molar-refractivity contribution in [2.45, 2.75) is 74.2 Å². The summed E-state index contributed by atoms with van der Waals surface area (Å²) in [6, 6.07) is 6.91. The molecule has 0 bridgehead atoms. The van der Waals surface area contributed by atoms with Gasteiger partial charge in [0.05, 0.1) is 10.5 Å². The van der Waals surface area contributed by atoms with Gasteiger partial charge >= 0.3 is 12.0 Å². The van der Waals surface area contributed by atoms with Crippen LogP contribution in [0.1, 0.15) is 47.0 Å². The largest absolute Gasteiger partial charge is 0.446 e. The molecule has 0 saturated carbocycles. The van der Waals surface area contributed by atoms with Crippen LogP contribution in [-0.4, -0.2) is 37.3 Å². The first-order valence-electron chi connectivity index (χ1n) is 9.74. The van der Waals surface area contributed by atoms with Crippen molar-refractivity contribution < 1.29 is 31.1 Å². The lowest BCUT2D eigenvalue weighted by atomic mass is 9.85. The van der Waals surface area contributed by atoms with Crippen LogP contribution < -0.4 is 0 Å². The first-order valence-corrected chi connectivity index (χ1v) is 11.2. The predicted molar refractivity (Wildman–Crippen MR) is 108 cm³/mol. The van der Waals surface area contributed by atoms with Crippen LogP contribution in [0.3, 0.4) is 0 Å². The molecule has 1 heterocycles. The molecule has 0 amide bonds. The molecule has 0 spiro atoms. The average Bonchev–Trinajstić information content (AvgIpc) is 2.85. The van der Waals surface area contributed by atoms with Gasteiger partial charge in [-0.15, -0.1) is 5.92 Å². The molecular weight excluding hydrogens is 417 g/mol. The van der Waals surface area contributed by atoms with Crippen molar-refractivity contribution in [2.24, 2.45) is 0 Å². The van der Waals surface area contributed by atoms with E-state index in [0.29, 0.717) is 6.42 Å². The number of benzene rings is 1. The first kappa shape index (κ1) is 24.4. The highest BCUT2D eigenvalue weighted by Gasteiger charge is 2.82. The Bertz CT molecular complexity index is 942. The van der Waals surface area contributed by atoms with Gasteiger partial charge in [0.1, 0.15) is 0 Å². The van der Waals surface area contributed by atoms with E-state index in [9.17, 15) is 21.6 Å². The number of halogens is 3. The van der Waals surface area contributed by atoms with Crippen molar-refractivity contribution >= 4 is 9.84 Å². The molecule has 1 aliphatic heterocycles. The highest BCUT2D eigenvalue weighted by molar-refractivity contribution is 7.93. The molecule has 0 aromatic heterocycles. The van der Waals surface area contributed by atoms with Gasteiger partial charge in [-0.25, -0.2) is 8.42 Å². The molecule has 1 fully saturated rings. The predicted octanol–water partition coefficient (Wildman–Crippen LogP) is 5.05. The second kappa shape index (κ2) is 8.37. The molecule has 0 radical (unpaired) electrons. The van der Waals surface area contributed by atoms with Crippen LogP contribution in [0, 0.1) is 11.8 Å². The Morgan fingerprint density at radius 2 is 1.77 bits per heavy atom. The van der Waals surface area contributed by atoms with Gasteiger partial charge in [-0.1, -0.05) is 44.0 Å². The van der Waals surface area contributed by atoms with Crippen LogP contribution >= 0.6 is 0 Å². The highest BCUT2D eigenvalue weighted by atomic mass is 32.2. The number of rotatable bonds is 6. The highest BCUT2D eigenvalue weighted by Crippen LogP contribution is 2.60. The summed E-state index contributed by atoms with van der Waals surface area (Å²) in [4.78, 5) is -0.314. The summed E-state index contributed by atoms with van der Waals surface area (Å²) < 4.78 is 79.2. The van der Waals surface area contributed by atoms with Gasteiger partial charge in [0, 0.05) is 13.0 Å². The van der Waals surface area contributed by atoms with E-state index in [4.69, 9.17) is 9.47 Å². The van der Waals surface area contributed by atoms with Crippen LogP contribution in [0.4, 0.5) is 13.2 Å². The number of hydrogen-bond acceptors (Lipinski definition) is 4. The van der Waals surface area contributed by atoms with Crippen molar-refractivity contribution in [3.8, 4) is 11.8 Å². The van der Waals surface area contributed by atoms with E-state index in [1.165, 1.54) is 45.0 Å². The molecule has 8 heteroatoms. The van der Waals surface area contributed by atoms with Crippen LogP contribution in [0.25, 0.3) is 0 Å². The number of sulfone groups is 1. The SMILES string of the molecule is C=C1C(C)(C)O[C@](OCC)(C(F)(F)F)[C@]1(C#CCCCC)S(=O)(=O)c1ccccc1. The summed E-state index contributed by atoms with van der Waals surface area (Å²) in [5.74, 6) is 1.57. The van der Waals surface area contributed by atoms with Gasteiger partial charge in [-0.3, -0.25) is 0 Å². The molecule has 0 unspecified atom stereocenters. The Morgan fingerprint density at radius 1 is 1.17 bits per heavy atom. The summed E-state index contributed by atoms with van der Waals surface area (Å²) >= 11 is 0. The monoisotopic (exact) mass is 444 g/mol. The zero-order valence-corrected chi connectivity index (χ0v) is 18.4. The fraction of sp³-hybridized carbons (Fsp3) is 0.545. The second-order valence-electron chi connectivity index (χ2n) is 7.54. The Balaban J connectivity index is 2.99. The maximum atomic E-state index is 14.6. The normalized spacial score (nSPS) is 26.3. The lowest BCUT2D eigenvalue weighted by Gasteiger charge is -2.40. The van der Waals surface area contributed by atoms with E-state index in [-0.39, 0.29) is 16.9 Å². The van der Waals surface area contributed by atoms with Crippen molar-refractivity contribution in [2.75, 3.05) is 6.61 Å². The summed E-state index contributed by atoms with van der Waals surface area (Å²) in [5, 5.41) is 0. The lowest BCUT2D eigenvalue weighted by molar-refractivity contribution is -0.384. The van der Waals surface area contributed by atoms with E-state index in [2.05, 4.69) is 18.4 Å². The van der Waals surface area contributed by atoms with E-state index < -0.39 is 38.8 Å². The van der Waals surface area contributed by atoms with Crippen LogP contribution in [0.5, 0.6) is 0 Å². The first-order chi connectivity index (χ1) is 13.8. The van der Waals surface area contributed by atoms with E-state index in [1.807, 2.05) is 6.92 Å². The molecule has 1 saturated heterocycles. The minimum Gasteiger partial charge on any atom is -0.341 e. The maximum absolute atomic E-state index is 14.6. The number of unbranched alkanes of at least 4 members (excludes halogenated alkanes) is 2. The minimum absolute atomic E-state index is 0.232. The third-order valence-corrected chi connectivity index (χ3v) is 7.43. The molecule has 0 aliphatic carbocycles. The lowest BCUT2D eigenvalue weighted by Crippen LogP contribution is -2.65. The van der Waals surface area contributed by atoms with E-state index in [0.717, 1.165) is 6.42 Å². The van der Waals surface area contributed by atoms with Gasteiger partial charge < -0.3 is 9.47 Å². The second-order valence-corrected chi connectivity index (χ2v) is 9.63. The van der Waals surface area contributed by atoms with Gasteiger partial charge in [-0.05, 0) is 44.9 Å². The summed E-state index contributed by atoms with van der Waals surface area (Å²) in [7, 11) is -4.76. The van der Waals surface area contributed by atoms with E-state index in [1.54, 1.807) is 6.07 Å². The third kappa shape index (κ3) is 3.57. The van der Waals surface area contributed by atoms with Crippen molar-refractivity contribution in [3.63, 3.8) is 0 Å². The molecule has 2 rings (SSSR count). The maximum Gasteiger partial charge on any atom is 0.446 e. The minimum atomic E-state index is -5.21. The number of hydrogen-bond donors (Lipinski definition) is 0. The molecule has 1 aromatic carbocycles. The number of ether oxygens (including phenoxy) is 2. The Hall–Kier alpha value is -1.82. The van der Waals surface area contributed by atoms with Gasteiger partial charge in [-0.2, -0.15) is 13.2 Å². The summed E-state index contributed by atoms with van der Waals surface area (Å²) in [6.07, 6.45) is -3.61. The van der Waals surface area contributed by atoms with Crippen LogP contribution in [-0.2, 0) is 19.3 Å². The molecule has 4 nitrogen and oxygen atoms in total. The summed E-state index contributed by atoms with van der Waals surface area (Å²) in [6.45, 7) is 9.24. The smallest absolute Gasteiger partial charge is 0.341 e. The van der Waals surface area contributed by atoms with Gasteiger partial charge in [0.15, 0.2) is 0 Å². The Morgan fingerprint density at radius 3 is 2.27 bits per heavy atom. The van der Waals surface area contributed by atoms with Crippen molar-refractivity contribution in [1.82, 2.24) is 0 Å². The summed E-state index contributed by atoms with van der Waals surface area (Å²) in [5.41, 5.74) is -1.97. The standard InChI is InChI=1S/C22H27F3O4S/c1-6-8-9-13-16-20(30(26,27)18-14-11-10-12-15-18)17(3)19(4,5)29-21(20,28-7-2)22(23,24)25/h10-12,14-15H,3,6-9H2,1-2,4-5H3/t20-,21+/m1/s1. The van der Waals surface area contributed by atoms with E-state index >= 15 is 0 Å². The average molecular weight is 445 g/mol. The molecule has 1 aliphatic rings. The quantitative estimate of drug-likeness (QED) is 0.350. The molecule has 0 N–H and O–H groups in total. The zero-order chi connectivity index (χ0) is 22.8. The molecule has 1 aromatic rings. The molecular formula is C22H27F3O4S. The van der Waals surface area contributed by atoms with Gasteiger partial charge in [0.25, 0.3) is 0 Å².